The molecule has 1 aliphatic rings. The van der Waals surface area contributed by atoms with Crippen molar-refractivity contribution < 1.29 is 4.79 Å². The molecule has 1 fully saturated rings. The number of halogens is 1. The number of hydrogen-bond acceptors (Lipinski definition) is 4. The molecule has 1 amide bonds. The summed E-state index contributed by atoms with van der Waals surface area (Å²) in [5, 5.41) is 2.95. The monoisotopic (exact) mass is 315 g/mol. The number of piperidine rings is 1. The molecule has 1 aromatic rings. The standard InChI is InChI=1S/C14H21N3OS.ClH/c1-19-13-4-2-3-12(9-13)16-14(18)10-17-7-5-11(15)6-8-17;/h2-4,9,11H,5-8,10,15H2,1H3,(H,16,18);1H. The Hall–Kier alpha value is -0.750. The van der Waals surface area contributed by atoms with E-state index in [4.69, 9.17) is 5.73 Å². The third kappa shape index (κ3) is 5.32. The van der Waals surface area contributed by atoms with Gasteiger partial charge < -0.3 is 11.1 Å². The molecule has 1 heterocycles. The fourth-order valence-electron chi connectivity index (χ4n) is 2.22. The first-order valence-electron chi connectivity index (χ1n) is 6.59. The number of carbonyl (C=O) groups excluding carboxylic acids is 1. The maximum Gasteiger partial charge on any atom is 0.238 e. The lowest BCUT2D eigenvalue weighted by molar-refractivity contribution is -0.117. The Labute approximate surface area is 130 Å². The van der Waals surface area contributed by atoms with Gasteiger partial charge in [0.2, 0.25) is 5.91 Å². The van der Waals surface area contributed by atoms with Crippen LogP contribution >= 0.6 is 24.2 Å². The van der Waals surface area contributed by atoms with Crippen LogP contribution in [0, 0.1) is 0 Å². The summed E-state index contributed by atoms with van der Waals surface area (Å²) in [7, 11) is 0. The van der Waals surface area contributed by atoms with Crippen molar-refractivity contribution >= 4 is 35.8 Å². The summed E-state index contributed by atoms with van der Waals surface area (Å²) >= 11 is 1.67. The van der Waals surface area contributed by atoms with Crippen molar-refractivity contribution in [1.82, 2.24) is 4.90 Å². The molecule has 0 spiro atoms. The number of carbonyl (C=O) groups is 1. The van der Waals surface area contributed by atoms with E-state index in [9.17, 15) is 4.79 Å². The number of hydrogen-bond donors (Lipinski definition) is 2. The second-order valence-corrected chi connectivity index (χ2v) is 5.77. The molecular weight excluding hydrogens is 294 g/mol. The molecule has 0 aliphatic carbocycles. The molecule has 2 rings (SSSR count). The van der Waals surface area contributed by atoms with Crippen molar-refractivity contribution in [1.29, 1.82) is 0 Å². The second-order valence-electron chi connectivity index (χ2n) is 4.89. The number of anilines is 1. The van der Waals surface area contributed by atoms with E-state index in [0.717, 1.165) is 36.5 Å². The minimum Gasteiger partial charge on any atom is -0.328 e. The Morgan fingerprint density at radius 3 is 2.80 bits per heavy atom. The fourth-order valence-corrected chi connectivity index (χ4v) is 2.67. The fraction of sp³-hybridized carbons (Fsp3) is 0.500. The van der Waals surface area contributed by atoms with Crippen molar-refractivity contribution in [2.45, 2.75) is 23.8 Å². The van der Waals surface area contributed by atoms with Crippen LogP contribution in [0.25, 0.3) is 0 Å². The molecule has 0 radical (unpaired) electrons. The number of nitrogens with one attached hydrogen (secondary N) is 1. The van der Waals surface area contributed by atoms with E-state index in [2.05, 4.69) is 10.2 Å². The Morgan fingerprint density at radius 1 is 1.45 bits per heavy atom. The number of likely N-dealkylation sites (tertiary alicyclic amines) is 1. The van der Waals surface area contributed by atoms with Crippen LogP contribution < -0.4 is 11.1 Å². The molecule has 6 heteroatoms. The van der Waals surface area contributed by atoms with E-state index >= 15 is 0 Å². The molecular formula is C14H22ClN3OS. The molecule has 0 bridgehead atoms. The summed E-state index contributed by atoms with van der Waals surface area (Å²) in [6, 6.07) is 8.21. The zero-order valence-electron chi connectivity index (χ0n) is 11.7. The zero-order chi connectivity index (χ0) is 13.7. The first-order valence-corrected chi connectivity index (χ1v) is 7.81. The lowest BCUT2D eigenvalue weighted by atomic mass is 10.1. The van der Waals surface area contributed by atoms with Gasteiger partial charge in [0.25, 0.3) is 0 Å². The van der Waals surface area contributed by atoms with Crippen molar-refractivity contribution in [3.05, 3.63) is 24.3 Å². The van der Waals surface area contributed by atoms with Crippen LogP contribution in [-0.4, -0.2) is 42.7 Å². The predicted octanol–water partition coefficient (Wildman–Crippen LogP) is 2.19. The van der Waals surface area contributed by atoms with E-state index in [0.29, 0.717) is 12.6 Å². The number of benzene rings is 1. The van der Waals surface area contributed by atoms with Gasteiger partial charge in [-0.15, -0.1) is 24.2 Å². The van der Waals surface area contributed by atoms with Gasteiger partial charge in [0.15, 0.2) is 0 Å². The Morgan fingerprint density at radius 2 is 2.15 bits per heavy atom. The SMILES string of the molecule is CSc1cccc(NC(=O)CN2CCC(N)CC2)c1.Cl. The number of rotatable bonds is 4. The van der Waals surface area contributed by atoms with Crippen LogP contribution in [0.15, 0.2) is 29.2 Å². The normalized spacial score (nSPS) is 16.5. The molecule has 0 saturated carbocycles. The highest BCUT2D eigenvalue weighted by Crippen LogP contribution is 2.19. The molecule has 1 aliphatic heterocycles. The molecule has 0 atom stereocenters. The van der Waals surface area contributed by atoms with Gasteiger partial charge in [-0.2, -0.15) is 0 Å². The van der Waals surface area contributed by atoms with Crippen LogP contribution in [0.4, 0.5) is 5.69 Å². The minimum absolute atomic E-state index is 0. The average molecular weight is 316 g/mol. The Bertz CT molecular complexity index is 436. The van der Waals surface area contributed by atoms with Crippen molar-refractivity contribution in [2.75, 3.05) is 31.2 Å². The van der Waals surface area contributed by atoms with Crippen LogP contribution in [0.2, 0.25) is 0 Å². The molecule has 4 nitrogen and oxygen atoms in total. The van der Waals surface area contributed by atoms with Gasteiger partial charge in [0.1, 0.15) is 0 Å². The lowest BCUT2D eigenvalue weighted by Gasteiger charge is -2.29. The van der Waals surface area contributed by atoms with Crippen LogP contribution in [-0.2, 0) is 4.79 Å². The van der Waals surface area contributed by atoms with Gasteiger partial charge >= 0.3 is 0 Å². The number of thioether (sulfide) groups is 1. The smallest absolute Gasteiger partial charge is 0.238 e. The number of amides is 1. The van der Waals surface area contributed by atoms with Crippen LogP contribution in [0.3, 0.4) is 0 Å². The van der Waals surface area contributed by atoms with Gasteiger partial charge in [-0.05, 0) is 37.3 Å². The second kappa shape index (κ2) is 8.52. The zero-order valence-corrected chi connectivity index (χ0v) is 13.3. The van der Waals surface area contributed by atoms with E-state index in [1.165, 1.54) is 0 Å². The van der Waals surface area contributed by atoms with Crippen LogP contribution in [0.1, 0.15) is 12.8 Å². The summed E-state index contributed by atoms with van der Waals surface area (Å²) in [6.07, 6.45) is 3.99. The first kappa shape index (κ1) is 17.3. The highest BCUT2D eigenvalue weighted by atomic mass is 35.5. The van der Waals surface area contributed by atoms with Gasteiger partial charge in [0, 0.05) is 29.7 Å². The van der Waals surface area contributed by atoms with Gasteiger partial charge in [-0.25, -0.2) is 0 Å². The molecule has 0 aromatic heterocycles. The van der Waals surface area contributed by atoms with Crippen molar-refractivity contribution in [3.8, 4) is 0 Å². The Kier molecular flexibility index (Phi) is 7.37. The summed E-state index contributed by atoms with van der Waals surface area (Å²) in [6.45, 7) is 2.29. The quantitative estimate of drug-likeness (QED) is 0.836. The van der Waals surface area contributed by atoms with E-state index < -0.39 is 0 Å². The van der Waals surface area contributed by atoms with Gasteiger partial charge in [-0.1, -0.05) is 6.07 Å². The lowest BCUT2D eigenvalue weighted by Crippen LogP contribution is -2.43. The third-order valence-corrected chi connectivity index (χ3v) is 4.08. The first-order chi connectivity index (χ1) is 9.17. The summed E-state index contributed by atoms with van der Waals surface area (Å²) < 4.78 is 0. The summed E-state index contributed by atoms with van der Waals surface area (Å²) in [5.41, 5.74) is 6.72. The number of nitrogens with zero attached hydrogens (tertiary/aromatic N) is 1. The molecule has 0 unspecified atom stereocenters. The topological polar surface area (TPSA) is 58.4 Å². The van der Waals surface area contributed by atoms with Crippen molar-refractivity contribution in [3.63, 3.8) is 0 Å². The maximum absolute atomic E-state index is 12.0. The van der Waals surface area contributed by atoms with Gasteiger partial charge in [0.05, 0.1) is 6.54 Å². The summed E-state index contributed by atoms with van der Waals surface area (Å²) in [5.74, 6) is 0.0497. The molecule has 112 valence electrons. The highest BCUT2D eigenvalue weighted by Gasteiger charge is 2.18. The summed E-state index contributed by atoms with van der Waals surface area (Å²) in [4.78, 5) is 15.3. The highest BCUT2D eigenvalue weighted by molar-refractivity contribution is 7.98. The molecule has 1 saturated heterocycles. The minimum atomic E-state index is 0. The Balaban J connectivity index is 0.00000200. The molecule has 20 heavy (non-hydrogen) atoms. The van der Waals surface area contributed by atoms with E-state index in [1.807, 2.05) is 30.5 Å². The van der Waals surface area contributed by atoms with E-state index in [1.54, 1.807) is 11.8 Å². The van der Waals surface area contributed by atoms with Crippen LogP contribution in [0.5, 0.6) is 0 Å². The van der Waals surface area contributed by atoms with Gasteiger partial charge in [-0.3, -0.25) is 9.69 Å². The molecule has 3 N–H and O–H groups in total. The predicted molar refractivity (Wildman–Crippen MR) is 87.8 cm³/mol. The van der Waals surface area contributed by atoms with Crippen molar-refractivity contribution in [2.24, 2.45) is 5.73 Å². The molecule has 1 aromatic carbocycles. The maximum atomic E-state index is 12.0. The van der Waals surface area contributed by atoms with E-state index in [-0.39, 0.29) is 18.3 Å². The largest absolute Gasteiger partial charge is 0.328 e. The average Bonchev–Trinajstić information content (AvgIpc) is 2.41. The third-order valence-electron chi connectivity index (χ3n) is 3.35. The number of nitrogens with two attached hydrogens (primary N) is 1.